The van der Waals surface area contributed by atoms with Crippen LogP contribution in [0.2, 0.25) is 0 Å². The Kier molecular flexibility index (Phi) is 7.49. The zero-order chi connectivity index (χ0) is 8.85. The fourth-order valence-electron chi connectivity index (χ4n) is 0.803. The third kappa shape index (κ3) is 5.48. The molecule has 0 aliphatic rings. The summed E-state index contributed by atoms with van der Waals surface area (Å²) in [7, 11) is 11.3. The van der Waals surface area contributed by atoms with Gasteiger partial charge in [-0.05, 0) is 0 Å². The van der Waals surface area contributed by atoms with Gasteiger partial charge >= 0.3 is 37.9 Å². The molecule has 0 atom stereocenters. The average Bonchev–Trinajstić information content (AvgIpc) is 2.12. The Morgan fingerprint density at radius 3 is 2.00 bits per heavy atom. The van der Waals surface area contributed by atoms with Crippen molar-refractivity contribution in [3.8, 4) is 0 Å². The number of halogens is 2. The third-order valence-electron chi connectivity index (χ3n) is 1.34. The van der Waals surface area contributed by atoms with Crippen molar-refractivity contribution in [2.45, 2.75) is 20.8 Å². The van der Waals surface area contributed by atoms with E-state index >= 15 is 0 Å². The second-order valence-electron chi connectivity index (χ2n) is 2.24. The first kappa shape index (κ1) is 12.2. The maximum atomic E-state index is 4.93. The monoisotopic (exact) mass is 285 g/mol. The van der Waals surface area contributed by atoms with Gasteiger partial charge in [-0.15, -0.1) is 5.30 Å². The predicted molar refractivity (Wildman–Crippen MR) is 50.5 cm³/mol. The summed E-state index contributed by atoms with van der Waals surface area (Å²) in [5.41, 5.74) is 1.45. The molecular formula is C7H10Cl2PZr-. The van der Waals surface area contributed by atoms with Gasteiger partial charge in [0, 0.05) is 0 Å². The molecule has 1 rings (SSSR count). The Labute approximate surface area is 88.4 Å². The predicted octanol–water partition coefficient (Wildman–Crippen LogP) is 4.29. The summed E-state index contributed by atoms with van der Waals surface area (Å²) in [5.74, 6) is 0. The van der Waals surface area contributed by atoms with E-state index in [4.69, 9.17) is 17.0 Å². The van der Waals surface area contributed by atoms with Crippen LogP contribution in [0.3, 0.4) is 0 Å². The van der Waals surface area contributed by atoms with Crippen LogP contribution in [0.1, 0.15) is 16.2 Å². The Morgan fingerprint density at radius 1 is 1.45 bits per heavy atom. The Hall–Kier alpha value is 1.24. The molecule has 0 N–H and O–H groups in total. The van der Waals surface area contributed by atoms with E-state index in [1.807, 2.05) is 0 Å². The molecule has 0 nitrogen and oxygen atoms in total. The topological polar surface area (TPSA) is 0 Å². The standard InChI is InChI=1S/C7H10P.2ClH.Zr/c1-5-4-6(2)8-7(5)3;;;/h4H,1-3H3;2*1H;/q-1;;;+2/p-2. The van der Waals surface area contributed by atoms with Gasteiger partial charge < -0.3 is 0 Å². The van der Waals surface area contributed by atoms with Crippen LogP contribution in [0.25, 0.3) is 0 Å². The zero-order valence-corrected chi connectivity index (χ0v) is 11.6. The van der Waals surface area contributed by atoms with Crippen LogP contribution in [0.4, 0.5) is 0 Å². The fraction of sp³-hybridized carbons (Fsp3) is 0.429. The fourth-order valence-corrected chi connectivity index (χ4v) is 1.83. The van der Waals surface area contributed by atoms with Gasteiger partial charge in [0.2, 0.25) is 0 Å². The zero-order valence-electron chi connectivity index (χ0n) is 6.78. The molecule has 0 saturated carbocycles. The number of hydrogen-bond acceptors (Lipinski definition) is 0. The van der Waals surface area contributed by atoms with Crippen molar-refractivity contribution in [3.05, 3.63) is 22.2 Å². The van der Waals surface area contributed by atoms with E-state index < -0.39 is 20.8 Å². The molecule has 0 fully saturated rings. The average molecular weight is 287 g/mol. The summed E-state index contributed by atoms with van der Waals surface area (Å²) in [5, 5.41) is 2.97. The summed E-state index contributed by atoms with van der Waals surface area (Å²) in [6, 6.07) is 2.25. The molecule has 0 aromatic carbocycles. The van der Waals surface area contributed by atoms with Gasteiger partial charge in [-0.3, -0.25) is 0 Å². The molecule has 62 valence electrons. The summed E-state index contributed by atoms with van der Waals surface area (Å²) in [4.78, 5) is 0. The number of rotatable bonds is 0. The van der Waals surface area contributed by atoms with Crippen LogP contribution in [-0.4, -0.2) is 0 Å². The molecule has 0 aliphatic carbocycles. The van der Waals surface area contributed by atoms with E-state index in [-0.39, 0.29) is 0 Å². The van der Waals surface area contributed by atoms with Crippen molar-refractivity contribution in [1.82, 2.24) is 0 Å². The van der Waals surface area contributed by atoms with Crippen LogP contribution in [0.15, 0.2) is 6.07 Å². The van der Waals surface area contributed by atoms with Crippen LogP contribution in [-0.2, 0) is 20.8 Å². The normalized spacial score (nSPS) is 9.18. The molecule has 1 aromatic heterocycles. The van der Waals surface area contributed by atoms with Crippen molar-refractivity contribution in [2.75, 3.05) is 0 Å². The Morgan fingerprint density at radius 2 is 1.91 bits per heavy atom. The van der Waals surface area contributed by atoms with E-state index in [0.717, 1.165) is 0 Å². The van der Waals surface area contributed by atoms with E-state index in [1.165, 1.54) is 24.3 Å². The summed E-state index contributed by atoms with van der Waals surface area (Å²) >= 11 is -0.826. The molecule has 0 radical (unpaired) electrons. The minimum atomic E-state index is -0.826. The van der Waals surface area contributed by atoms with Gasteiger partial charge in [-0.25, -0.2) is 14.3 Å². The first-order valence-electron chi connectivity index (χ1n) is 3.15. The van der Waals surface area contributed by atoms with Gasteiger partial charge in [0.25, 0.3) is 0 Å². The van der Waals surface area contributed by atoms with Crippen molar-refractivity contribution < 1.29 is 20.8 Å². The first-order valence-corrected chi connectivity index (χ1v) is 10.4. The second-order valence-corrected chi connectivity index (χ2v) is 7.57. The second kappa shape index (κ2) is 6.73. The molecule has 1 aromatic rings. The van der Waals surface area contributed by atoms with Crippen molar-refractivity contribution in [3.63, 3.8) is 0 Å². The van der Waals surface area contributed by atoms with Crippen molar-refractivity contribution in [1.29, 1.82) is 0 Å². The van der Waals surface area contributed by atoms with Gasteiger partial charge in [0.15, 0.2) is 0 Å². The van der Waals surface area contributed by atoms with Crippen LogP contribution in [0, 0.1) is 20.8 Å². The van der Waals surface area contributed by atoms with Gasteiger partial charge in [-0.1, -0.05) is 20.8 Å². The molecule has 0 aliphatic heterocycles. The number of aryl methyl sites for hydroxylation is 3. The summed E-state index contributed by atoms with van der Waals surface area (Å²) < 4.78 is 0. The molecule has 0 saturated heterocycles. The molecule has 4 heteroatoms. The first-order chi connectivity index (χ1) is 5.11. The molecule has 0 spiro atoms. The molecule has 0 unspecified atom stereocenters. The van der Waals surface area contributed by atoms with E-state index in [2.05, 4.69) is 26.8 Å². The summed E-state index contributed by atoms with van der Waals surface area (Å²) in [6.07, 6.45) is 0. The maximum absolute atomic E-state index is 4.93. The molecular weight excluding hydrogens is 277 g/mol. The van der Waals surface area contributed by atoms with Crippen LogP contribution < -0.4 is 0 Å². The molecule has 1 heterocycles. The van der Waals surface area contributed by atoms with E-state index in [0.29, 0.717) is 0 Å². The Balaban J connectivity index is 0.000000292. The van der Waals surface area contributed by atoms with E-state index in [9.17, 15) is 0 Å². The summed E-state index contributed by atoms with van der Waals surface area (Å²) in [6.45, 7) is 6.52. The third-order valence-corrected chi connectivity index (χ3v) is 2.51. The molecule has 0 bridgehead atoms. The van der Waals surface area contributed by atoms with Crippen molar-refractivity contribution in [2.24, 2.45) is 0 Å². The molecule has 11 heavy (non-hydrogen) atoms. The minimum absolute atomic E-state index is 0.826. The number of hydrogen-bond donors (Lipinski definition) is 0. The van der Waals surface area contributed by atoms with Gasteiger partial charge in [-0.2, -0.15) is 10.9 Å². The van der Waals surface area contributed by atoms with Gasteiger partial charge in [0.1, 0.15) is 0 Å². The van der Waals surface area contributed by atoms with E-state index in [1.54, 1.807) is 0 Å². The van der Waals surface area contributed by atoms with Crippen LogP contribution in [0.5, 0.6) is 0 Å². The Bertz CT molecular complexity index is 191. The quantitative estimate of drug-likeness (QED) is 0.624. The van der Waals surface area contributed by atoms with Crippen LogP contribution >= 0.6 is 25.2 Å². The SMILES string of the molecule is Cc1cc(C)[c-](C)p1.[Cl][Zr][Cl]. The van der Waals surface area contributed by atoms with Gasteiger partial charge in [0.05, 0.1) is 0 Å². The van der Waals surface area contributed by atoms with Crippen molar-refractivity contribution >= 4 is 25.2 Å². The molecule has 0 amide bonds.